The fourth-order valence-corrected chi connectivity index (χ4v) is 3.37. The normalized spacial score (nSPS) is 17.8. The zero-order valence-corrected chi connectivity index (χ0v) is 14.4. The Kier molecular flexibility index (Phi) is 7.81. The van der Waals surface area contributed by atoms with Crippen LogP contribution in [0.25, 0.3) is 0 Å². The molecular formula is C14H22ClN3O3S. The number of hydrogen-bond acceptors (Lipinski definition) is 6. The van der Waals surface area contributed by atoms with Crippen LogP contribution in [0.3, 0.4) is 0 Å². The smallest absolute Gasteiger partial charge is 0.350 e. The van der Waals surface area contributed by atoms with Crippen LogP contribution in [0.15, 0.2) is 11.4 Å². The molecule has 0 bridgehead atoms. The van der Waals surface area contributed by atoms with Crippen molar-refractivity contribution in [2.75, 3.05) is 39.1 Å². The number of likely N-dealkylation sites (N-methyl/N-ethyl adjacent to an activating group) is 1. The summed E-state index contributed by atoms with van der Waals surface area (Å²) < 4.78 is 4.70. The van der Waals surface area contributed by atoms with E-state index in [1.165, 1.54) is 18.4 Å². The van der Waals surface area contributed by atoms with Crippen molar-refractivity contribution in [3.8, 4) is 0 Å². The van der Waals surface area contributed by atoms with Gasteiger partial charge >= 0.3 is 5.97 Å². The second-order valence-electron chi connectivity index (χ2n) is 5.03. The first-order chi connectivity index (χ1) is 10.2. The Balaban J connectivity index is 0.00000242. The third-order valence-corrected chi connectivity index (χ3v) is 4.49. The number of carbonyl (C=O) groups is 2. The van der Waals surface area contributed by atoms with Gasteiger partial charge in [0, 0.05) is 12.6 Å². The first-order valence-electron chi connectivity index (χ1n) is 7.00. The summed E-state index contributed by atoms with van der Waals surface area (Å²) >= 11 is 1.26. The van der Waals surface area contributed by atoms with Gasteiger partial charge in [-0.15, -0.1) is 23.7 Å². The Morgan fingerprint density at radius 2 is 2.27 bits per heavy atom. The number of esters is 1. The molecule has 1 amide bonds. The number of thiophene rings is 1. The maximum atomic E-state index is 12.2. The van der Waals surface area contributed by atoms with Crippen molar-refractivity contribution in [3.05, 3.63) is 16.3 Å². The number of rotatable bonds is 6. The molecule has 1 aliphatic heterocycles. The van der Waals surface area contributed by atoms with E-state index in [0.717, 1.165) is 25.9 Å². The van der Waals surface area contributed by atoms with E-state index in [1.54, 1.807) is 11.4 Å². The van der Waals surface area contributed by atoms with Crippen LogP contribution in [-0.4, -0.2) is 56.6 Å². The molecule has 22 heavy (non-hydrogen) atoms. The summed E-state index contributed by atoms with van der Waals surface area (Å²) in [7, 11) is 3.25. The molecule has 0 spiro atoms. The van der Waals surface area contributed by atoms with Gasteiger partial charge in [0.2, 0.25) is 5.91 Å². The van der Waals surface area contributed by atoms with Crippen molar-refractivity contribution in [1.29, 1.82) is 0 Å². The molecule has 8 heteroatoms. The maximum Gasteiger partial charge on any atom is 0.350 e. The van der Waals surface area contributed by atoms with Crippen LogP contribution >= 0.6 is 23.7 Å². The van der Waals surface area contributed by atoms with Gasteiger partial charge in [0.1, 0.15) is 4.88 Å². The van der Waals surface area contributed by atoms with Gasteiger partial charge in [-0.25, -0.2) is 4.79 Å². The summed E-state index contributed by atoms with van der Waals surface area (Å²) in [6, 6.07) is 2.13. The summed E-state index contributed by atoms with van der Waals surface area (Å²) in [4.78, 5) is 26.3. The third kappa shape index (κ3) is 4.67. The summed E-state index contributed by atoms with van der Waals surface area (Å²) in [6.45, 7) is 2.18. The van der Waals surface area contributed by atoms with E-state index >= 15 is 0 Å². The first kappa shape index (κ1) is 18.9. The molecule has 0 aromatic carbocycles. The highest BCUT2D eigenvalue weighted by Crippen LogP contribution is 2.23. The number of nitrogens with one attached hydrogen (secondary N) is 2. The Morgan fingerprint density at radius 3 is 2.95 bits per heavy atom. The number of ether oxygens (including phenoxy) is 1. The zero-order valence-electron chi connectivity index (χ0n) is 12.8. The molecule has 1 saturated heterocycles. The van der Waals surface area contributed by atoms with Crippen molar-refractivity contribution in [1.82, 2.24) is 10.2 Å². The van der Waals surface area contributed by atoms with Crippen molar-refractivity contribution >= 4 is 41.3 Å². The zero-order chi connectivity index (χ0) is 15.2. The molecule has 0 saturated carbocycles. The highest BCUT2D eigenvalue weighted by Gasteiger charge is 2.26. The molecule has 1 unspecified atom stereocenters. The van der Waals surface area contributed by atoms with Crippen molar-refractivity contribution in [3.63, 3.8) is 0 Å². The molecule has 1 fully saturated rings. The fraction of sp³-hybridized carbons (Fsp3) is 0.571. The standard InChI is InChI=1S/C14H21N3O3S.ClH/c1-15-8-10-4-3-6-17(10)9-12(18)16-11-5-7-21-13(11)14(19)20-2;/h5,7,10,15H,3-4,6,8-9H2,1-2H3,(H,16,18);1H. The molecule has 0 radical (unpaired) electrons. The molecular weight excluding hydrogens is 326 g/mol. The van der Waals surface area contributed by atoms with Gasteiger partial charge in [-0.2, -0.15) is 0 Å². The van der Waals surface area contributed by atoms with Crippen LogP contribution in [0, 0.1) is 0 Å². The van der Waals surface area contributed by atoms with E-state index in [9.17, 15) is 9.59 Å². The fourth-order valence-electron chi connectivity index (χ4n) is 2.60. The Hall–Kier alpha value is -1.15. The van der Waals surface area contributed by atoms with Crippen LogP contribution < -0.4 is 10.6 Å². The average Bonchev–Trinajstić information content (AvgIpc) is 3.08. The summed E-state index contributed by atoms with van der Waals surface area (Å²) in [6.07, 6.45) is 2.23. The van der Waals surface area contributed by atoms with Gasteiger partial charge in [0.25, 0.3) is 0 Å². The molecule has 1 aromatic rings. The summed E-state index contributed by atoms with van der Waals surface area (Å²) in [5.41, 5.74) is 0.529. The number of carbonyl (C=O) groups excluding carboxylic acids is 2. The lowest BCUT2D eigenvalue weighted by atomic mass is 10.2. The van der Waals surface area contributed by atoms with Crippen molar-refractivity contribution < 1.29 is 14.3 Å². The largest absolute Gasteiger partial charge is 0.465 e. The number of halogens is 1. The molecule has 1 aromatic heterocycles. The van der Waals surface area contributed by atoms with Crippen LogP contribution in [0.4, 0.5) is 5.69 Å². The maximum absolute atomic E-state index is 12.2. The molecule has 2 N–H and O–H groups in total. The van der Waals surface area contributed by atoms with Crippen LogP contribution in [0.2, 0.25) is 0 Å². The van der Waals surface area contributed by atoms with Crippen molar-refractivity contribution in [2.45, 2.75) is 18.9 Å². The van der Waals surface area contributed by atoms with Gasteiger partial charge in [-0.3, -0.25) is 9.69 Å². The third-order valence-electron chi connectivity index (χ3n) is 3.60. The molecule has 1 atom stereocenters. The highest BCUT2D eigenvalue weighted by atomic mass is 35.5. The minimum Gasteiger partial charge on any atom is -0.465 e. The van der Waals surface area contributed by atoms with Crippen LogP contribution in [0.5, 0.6) is 0 Å². The van der Waals surface area contributed by atoms with Gasteiger partial charge in [0.05, 0.1) is 19.3 Å². The van der Waals surface area contributed by atoms with Gasteiger partial charge in [-0.05, 0) is 37.9 Å². The molecule has 2 rings (SSSR count). The average molecular weight is 348 g/mol. The number of methoxy groups -OCH3 is 1. The van der Waals surface area contributed by atoms with E-state index in [2.05, 4.69) is 15.5 Å². The quantitative estimate of drug-likeness (QED) is 0.764. The summed E-state index contributed by atoms with van der Waals surface area (Å²) in [5, 5.41) is 7.73. The highest BCUT2D eigenvalue weighted by molar-refractivity contribution is 7.12. The van der Waals surface area contributed by atoms with Crippen LogP contribution in [0.1, 0.15) is 22.5 Å². The lowest BCUT2D eigenvalue weighted by Gasteiger charge is -2.23. The Morgan fingerprint density at radius 1 is 1.50 bits per heavy atom. The van der Waals surface area contributed by atoms with E-state index in [0.29, 0.717) is 23.2 Å². The molecule has 1 aliphatic rings. The molecule has 124 valence electrons. The summed E-state index contributed by atoms with van der Waals surface area (Å²) in [5.74, 6) is -0.518. The Bertz CT molecular complexity index is 509. The monoisotopic (exact) mass is 347 g/mol. The predicted octanol–water partition coefficient (Wildman–Crippen LogP) is 1.58. The van der Waals surface area contributed by atoms with E-state index in [-0.39, 0.29) is 18.3 Å². The lowest BCUT2D eigenvalue weighted by molar-refractivity contribution is -0.117. The topological polar surface area (TPSA) is 70.7 Å². The van der Waals surface area contributed by atoms with Gasteiger partial charge in [0.15, 0.2) is 0 Å². The van der Waals surface area contributed by atoms with E-state index in [4.69, 9.17) is 4.74 Å². The molecule has 0 aliphatic carbocycles. The second kappa shape index (κ2) is 9.09. The van der Waals surface area contributed by atoms with Gasteiger partial charge < -0.3 is 15.4 Å². The number of likely N-dealkylation sites (tertiary alicyclic amines) is 1. The number of amides is 1. The lowest BCUT2D eigenvalue weighted by Crippen LogP contribution is -2.41. The van der Waals surface area contributed by atoms with Crippen molar-refractivity contribution in [2.24, 2.45) is 0 Å². The minimum absolute atomic E-state index is 0. The van der Waals surface area contributed by atoms with Gasteiger partial charge in [-0.1, -0.05) is 0 Å². The minimum atomic E-state index is -0.422. The molecule has 2 heterocycles. The SMILES string of the molecule is CNCC1CCCN1CC(=O)Nc1ccsc1C(=O)OC.Cl. The van der Waals surface area contributed by atoms with Crippen LogP contribution in [-0.2, 0) is 9.53 Å². The number of hydrogen-bond donors (Lipinski definition) is 2. The van der Waals surface area contributed by atoms with E-state index < -0.39 is 5.97 Å². The predicted molar refractivity (Wildman–Crippen MR) is 90.1 cm³/mol. The number of anilines is 1. The first-order valence-corrected chi connectivity index (χ1v) is 7.88. The number of nitrogens with zero attached hydrogens (tertiary/aromatic N) is 1. The Labute approximate surface area is 140 Å². The van der Waals surface area contributed by atoms with E-state index in [1.807, 2.05) is 7.05 Å². The molecule has 6 nitrogen and oxygen atoms in total. The second-order valence-corrected chi connectivity index (χ2v) is 5.94.